The largest absolute Gasteiger partial charge is 0.368 e. The quantitative estimate of drug-likeness (QED) is 0.757. The average Bonchev–Trinajstić information content (AvgIpc) is 3.12. The Morgan fingerprint density at radius 2 is 1.88 bits per heavy atom. The Hall–Kier alpha value is -3.16. The van der Waals surface area contributed by atoms with E-state index in [0.29, 0.717) is 5.82 Å². The zero-order valence-electron chi connectivity index (χ0n) is 13.9. The predicted molar refractivity (Wildman–Crippen MR) is 95.9 cm³/mol. The number of hydrogen-bond acceptors (Lipinski definition) is 6. The molecule has 1 amide bonds. The van der Waals surface area contributed by atoms with Crippen molar-refractivity contribution in [1.82, 2.24) is 25.1 Å². The number of carbonyl (C=O) groups is 1. The molecule has 1 saturated heterocycles. The van der Waals surface area contributed by atoms with Gasteiger partial charge in [-0.3, -0.25) is 9.89 Å². The van der Waals surface area contributed by atoms with Crippen LogP contribution in [-0.4, -0.2) is 57.2 Å². The van der Waals surface area contributed by atoms with Gasteiger partial charge in [-0.15, -0.1) is 0 Å². The number of amides is 1. The van der Waals surface area contributed by atoms with E-state index < -0.39 is 0 Å². The highest BCUT2D eigenvalue weighted by atomic mass is 16.2. The number of benzene rings is 1. The smallest absolute Gasteiger partial charge is 0.219 e. The van der Waals surface area contributed by atoms with Gasteiger partial charge in [-0.2, -0.15) is 5.10 Å². The Balaban J connectivity index is 1.46. The van der Waals surface area contributed by atoms with Crippen molar-refractivity contribution in [2.75, 3.05) is 36.4 Å². The lowest BCUT2D eigenvalue weighted by Crippen LogP contribution is -2.48. The number of fused-ring (bicyclic) bond motifs is 1. The minimum atomic E-state index is 0.147. The van der Waals surface area contributed by atoms with Gasteiger partial charge in [0.2, 0.25) is 5.91 Å². The summed E-state index contributed by atoms with van der Waals surface area (Å²) in [6.45, 7) is 4.88. The molecular formula is C17H19N7O. The molecule has 1 aliphatic rings. The monoisotopic (exact) mass is 337 g/mol. The zero-order chi connectivity index (χ0) is 17.2. The van der Waals surface area contributed by atoms with Crippen LogP contribution in [0.25, 0.3) is 11.0 Å². The molecule has 4 rings (SSSR count). The highest BCUT2D eigenvalue weighted by molar-refractivity contribution is 5.86. The van der Waals surface area contributed by atoms with Crippen LogP contribution in [0.2, 0.25) is 0 Å². The summed E-state index contributed by atoms with van der Waals surface area (Å²) in [4.78, 5) is 24.0. The van der Waals surface area contributed by atoms with Crippen LogP contribution >= 0.6 is 0 Å². The third kappa shape index (κ3) is 3.10. The molecule has 0 aliphatic carbocycles. The van der Waals surface area contributed by atoms with Crippen molar-refractivity contribution < 1.29 is 4.79 Å². The van der Waals surface area contributed by atoms with Crippen molar-refractivity contribution in [3.05, 3.63) is 36.8 Å². The molecule has 0 saturated carbocycles. The van der Waals surface area contributed by atoms with Gasteiger partial charge in [0.15, 0.2) is 5.82 Å². The molecule has 1 aromatic carbocycles. The number of hydrogen-bond donors (Lipinski definition) is 2. The summed E-state index contributed by atoms with van der Waals surface area (Å²) in [6.07, 6.45) is 3.19. The molecule has 0 atom stereocenters. The molecule has 0 spiro atoms. The van der Waals surface area contributed by atoms with Crippen LogP contribution in [0, 0.1) is 0 Å². The third-order valence-corrected chi connectivity index (χ3v) is 4.46. The first-order valence-corrected chi connectivity index (χ1v) is 8.22. The topological polar surface area (TPSA) is 90.0 Å². The van der Waals surface area contributed by atoms with Gasteiger partial charge in [-0.05, 0) is 24.3 Å². The van der Waals surface area contributed by atoms with Crippen molar-refractivity contribution in [2.45, 2.75) is 6.92 Å². The van der Waals surface area contributed by atoms with E-state index in [1.807, 2.05) is 17.0 Å². The Bertz CT molecular complexity index is 881. The van der Waals surface area contributed by atoms with Crippen molar-refractivity contribution in [3.63, 3.8) is 0 Å². The van der Waals surface area contributed by atoms with E-state index in [2.05, 4.69) is 42.5 Å². The fourth-order valence-corrected chi connectivity index (χ4v) is 3.03. The van der Waals surface area contributed by atoms with Crippen LogP contribution in [0.5, 0.6) is 0 Å². The summed E-state index contributed by atoms with van der Waals surface area (Å²) in [5.41, 5.74) is 3.66. The summed E-state index contributed by atoms with van der Waals surface area (Å²) in [5.74, 6) is 0.847. The van der Waals surface area contributed by atoms with E-state index in [9.17, 15) is 4.79 Å². The molecule has 2 aromatic heterocycles. The van der Waals surface area contributed by atoms with Crippen LogP contribution in [0.3, 0.4) is 0 Å². The van der Waals surface area contributed by atoms with E-state index in [-0.39, 0.29) is 5.91 Å². The maximum Gasteiger partial charge on any atom is 0.219 e. The number of rotatable bonds is 3. The van der Waals surface area contributed by atoms with Gasteiger partial charge < -0.3 is 15.1 Å². The summed E-state index contributed by atoms with van der Waals surface area (Å²) in [5, 5.41) is 10.2. The Morgan fingerprint density at radius 3 is 2.60 bits per heavy atom. The number of nitrogens with one attached hydrogen (secondary N) is 2. The molecule has 0 radical (unpaired) electrons. The van der Waals surface area contributed by atoms with Gasteiger partial charge in [-0.25, -0.2) is 9.97 Å². The van der Waals surface area contributed by atoms with Gasteiger partial charge in [0.25, 0.3) is 0 Å². The van der Waals surface area contributed by atoms with E-state index in [1.165, 1.54) is 6.33 Å². The van der Waals surface area contributed by atoms with E-state index in [1.54, 1.807) is 13.1 Å². The second-order valence-electron chi connectivity index (χ2n) is 6.02. The van der Waals surface area contributed by atoms with Crippen molar-refractivity contribution in [2.24, 2.45) is 0 Å². The maximum absolute atomic E-state index is 11.4. The first-order chi connectivity index (χ1) is 12.2. The number of anilines is 3. The molecule has 0 bridgehead atoms. The van der Waals surface area contributed by atoms with E-state index in [0.717, 1.165) is 48.6 Å². The Labute approximate surface area is 144 Å². The lowest BCUT2D eigenvalue weighted by Gasteiger charge is -2.35. The van der Waals surface area contributed by atoms with E-state index in [4.69, 9.17) is 0 Å². The minimum Gasteiger partial charge on any atom is -0.368 e. The van der Waals surface area contributed by atoms with Crippen LogP contribution in [0.1, 0.15) is 6.92 Å². The fourth-order valence-electron chi connectivity index (χ4n) is 3.03. The molecule has 8 nitrogen and oxygen atoms in total. The minimum absolute atomic E-state index is 0.147. The Morgan fingerprint density at radius 1 is 1.12 bits per heavy atom. The number of H-pyrrole nitrogens is 1. The number of aromatic nitrogens is 4. The second-order valence-corrected chi connectivity index (χ2v) is 6.02. The molecule has 2 N–H and O–H groups in total. The summed E-state index contributed by atoms with van der Waals surface area (Å²) in [7, 11) is 0. The average molecular weight is 337 g/mol. The van der Waals surface area contributed by atoms with Crippen molar-refractivity contribution in [1.29, 1.82) is 0 Å². The zero-order valence-corrected chi connectivity index (χ0v) is 13.9. The highest BCUT2D eigenvalue weighted by Crippen LogP contribution is 2.24. The number of carbonyl (C=O) groups excluding carboxylic acids is 1. The highest BCUT2D eigenvalue weighted by Gasteiger charge is 2.18. The molecule has 25 heavy (non-hydrogen) atoms. The molecule has 3 heterocycles. The Kier molecular flexibility index (Phi) is 3.93. The molecular weight excluding hydrogens is 318 g/mol. The third-order valence-electron chi connectivity index (χ3n) is 4.46. The fraction of sp³-hybridized carbons (Fsp3) is 0.294. The predicted octanol–water partition coefficient (Wildman–Crippen LogP) is 1.76. The summed E-state index contributed by atoms with van der Waals surface area (Å²) >= 11 is 0. The second kappa shape index (κ2) is 6.39. The summed E-state index contributed by atoms with van der Waals surface area (Å²) in [6, 6.07) is 8.21. The number of aromatic amines is 1. The van der Waals surface area contributed by atoms with Crippen LogP contribution in [0.15, 0.2) is 36.8 Å². The SMILES string of the molecule is CC(=O)N1CCN(c2ccc(Nc3ncnc4cn[nH]c34)cc2)CC1. The van der Waals surface area contributed by atoms with Crippen molar-refractivity contribution in [3.8, 4) is 0 Å². The van der Waals surface area contributed by atoms with E-state index >= 15 is 0 Å². The molecule has 1 fully saturated rings. The first kappa shape index (κ1) is 15.4. The molecule has 1 aliphatic heterocycles. The van der Waals surface area contributed by atoms with Crippen molar-refractivity contribution >= 4 is 34.1 Å². The van der Waals surface area contributed by atoms with Crippen LogP contribution < -0.4 is 10.2 Å². The number of nitrogens with zero attached hydrogens (tertiary/aromatic N) is 5. The first-order valence-electron chi connectivity index (χ1n) is 8.22. The molecule has 128 valence electrons. The lowest BCUT2D eigenvalue weighted by atomic mass is 10.2. The van der Waals surface area contributed by atoms with Crippen LogP contribution in [-0.2, 0) is 4.79 Å². The maximum atomic E-state index is 11.4. The van der Waals surface area contributed by atoms with Gasteiger partial charge >= 0.3 is 0 Å². The molecule has 8 heteroatoms. The van der Waals surface area contributed by atoms with Gasteiger partial charge in [0, 0.05) is 44.5 Å². The van der Waals surface area contributed by atoms with Gasteiger partial charge in [-0.1, -0.05) is 0 Å². The normalized spacial score (nSPS) is 14.8. The number of piperazine rings is 1. The molecule has 0 unspecified atom stereocenters. The van der Waals surface area contributed by atoms with Gasteiger partial charge in [0.1, 0.15) is 17.4 Å². The lowest BCUT2D eigenvalue weighted by molar-refractivity contribution is -0.129. The standard InChI is InChI=1S/C17H19N7O/c1-12(25)23-6-8-24(9-7-23)14-4-2-13(3-5-14)21-17-16-15(10-20-22-16)18-11-19-17/h2-5,10-11H,6-9H2,1H3,(H,20,22)(H,18,19,21). The van der Waals surface area contributed by atoms with Crippen LogP contribution in [0.4, 0.5) is 17.2 Å². The van der Waals surface area contributed by atoms with Gasteiger partial charge in [0.05, 0.1) is 6.20 Å². The molecule has 3 aromatic rings. The summed E-state index contributed by atoms with van der Waals surface area (Å²) < 4.78 is 0.